The van der Waals surface area contributed by atoms with Gasteiger partial charge in [-0.15, -0.1) is 0 Å². The van der Waals surface area contributed by atoms with Crippen LogP contribution in [0.4, 0.5) is 10.3 Å². The Morgan fingerprint density at radius 1 is 1.00 bits per heavy atom. The zero-order valence-corrected chi connectivity index (χ0v) is 20.7. The summed E-state index contributed by atoms with van der Waals surface area (Å²) < 4.78 is 44.1. The summed E-state index contributed by atoms with van der Waals surface area (Å²) in [5, 5.41) is 0. The second-order valence-electron chi connectivity index (χ2n) is 9.60. The minimum atomic E-state index is -3.79. The van der Waals surface area contributed by atoms with Crippen molar-refractivity contribution in [3.8, 4) is 22.3 Å². The van der Waals surface area contributed by atoms with E-state index in [1.54, 1.807) is 40.7 Å². The van der Waals surface area contributed by atoms with Crippen molar-refractivity contribution in [1.82, 2.24) is 19.2 Å². The van der Waals surface area contributed by atoms with E-state index in [-0.39, 0.29) is 22.4 Å². The molecule has 9 heteroatoms. The zero-order chi connectivity index (χ0) is 24.7. The molecule has 34 heavy (non-hydrogen) atoms. The number of hydrogen-bond donors (Lipinski definition) is 1. The third kappa shape index (κ3) is 4.68. The van der Waals surface area contributed by atoms with E-state index in [4.69, 9.17) is 5.73 Å². The van der Waals surface area contributed by atoms with Crippen LogP contribution < -0.4 is 5.73 Å². The summed E-state index contributed by atoms with van der Waals surface area (Å²) in [6.45, 7) is 10.0. The van der Waals surface area contributed by atoms with Gasteiger partial charge in [0, 0.05) is 60.3 Å². The predicted molar refractivity (Wildman–Crippen MR) is 132 cm³/mol. The average molecular weight is 484 g/mol. The van der Waals surface area contributed by atoms with Gasteiger partial charge in [0.1, 0.15) is 5.82 Å². The van der Waals surface area contributed by atoms with Crippen LogP contribution in [0.5, 0.6) is 0 Å². The van der Waals surface area contributed by atoms with Crippen LogP contribution in [0.3, 0.4) is 0 Å². The molecule has 0 unspecified atom stereocenters. The second kappa shape index (κ2) is 9.05. The molecule has 2 heterocycles. The van der Waals surface area contributed by atoms with E-state index in [9.17, 15) is 8.42 Å². The second-order valence-corrected chi connectivity index (χ2v) is 11.5. The van der Waals surface area contributed by atoms with Gasteiger partial charge in [0.05, 0.1) is 4.90 Å². The van der Waals surface area contributed by atoms with Gasteiger partial charge in [0.2, 0.25) is 16.0 Å². The quantitative estimate of drug-likeness (QED) is 0.603. The van der Waals surface area contributed by atoms with Gasteiger partial charge >= 0.3 is 0 Å². The minimum Gasteiger partial charge on any atom is -0.368 e. The number of aromatic nitrogens is 2. The highest BCUT2D eigenvalue weighted by molar-refractivity contribution is 7.89. The van der Waals surface area contributed by atoms with Crippen LogP contribution in [0, 0.1) is 5.82 Å². The highest BCUT2D eigenvalue weighted by atomic mass is 32.2. The molecular formula is C25H30FN5O2S. The van der Waals surface area contributed by atoms with Gasteiger partial charge in [0.15, 0.2) is 0 Å². The summed E-state index contributed by atoms with van der Waals surface area (Å²) in [4.78, 5) is 10.3. The van der Waals surface area contributed by atoms with E-state index >= 15 is 4.39 Å². The van der Waals surface area contributed by atoms with E-state index in [1.807, 2.05) is 6.92 Å². The Kier molecular flexibility index (Phi) is 6.46. The van der Waals surface area contributed by atoms with Crippen LogP contribution in [-0.4, -0.2) is 58.8 Å². The number of nitrogens with zero attached hydrogens (tertiary/aromatic N) is 4. The topological polar surface area (TPSA) is 92.4 Å². The van der Waals surface area contributed by atoms with Crippen LogP contribution in [0.25, 0.3) is 22.3 Å². The molecule has 1 aromatic heterocycles. The maximum absolute atomic E-state index is 15.1. The van der Waals surface area contributed by atoms with Crippen LogP contribution in [0.1, 0.15) is 27.7 Å². The molecular weight excluding hydrogens is 453 g/mol. The molecule has 0 bridgehead atoms. The predicted octanol–water partition coefficient (Wildman–Crippen LogP) is 4.03. The summed E-state index contributed by atoms with van der Waals surface area (Å²) in [7, 11) is -3.79. The van der Waals surface area contributed by atoms with Gasteiger partial charge < -0.3 is 5.73 Å². The molecule has 1 aliphatic rings. The van der Waals surface area contributed by atoms with Gasteiger partial charge in [-0.1, -0.05) is 30.3 Å². The minimum absolute atomic E-state index is 0.0309. The Bertz CT molecular complexity index is 1290. The summed E-state index contributed by atoms with van der Waals surface area (Å²) in [6, 6.07) is 11.2. The number of nitrogens with two attached hydrogens (primary N) is 1. The molecule has 4 rings (SSSR count). The van der Waals surface area contributed by atoms with Gasteiger partial charge in [0.25, 0.3) is 0 Å². The number of piperazine rings is 1. The molecule has 0 amide bonds. The molecule has 0 saturated carbocycles. The molecule has 180 valence electrons. The van der Waals surface area contributed by atoms with Crippen molar-refractivity contribution in [2.24, 2.45) is 0 Å². The highest BCUT2D eigenvalue weighted by Crippen LogP contribution is 2.34. The average Bonchev–Trinajstić information content (AvgIpc) is 2.79. The maximum atomic E-state index is 15.1. The number of hydrogen-bond acceptors (Lipinski definition) is 6. The monoisotopic (exact) mass is 483 g/mol. The first-order valence-electron chi connectivity index (χ1n) is 11.2. The van der Waals surface area contributed by atoms with Gasteiger partial charge in [-0.25, -0.2) is 22.8 Å². The van der Waals surface area contributed by atoms with Crippen LogP contribution in [0.2, 0.25) is 0 Å². The van der Waals surface area contributed by atoms with E-state index in [2.05, 4.69) is 35.6 Å². The largest absolute Gasteiger partial charge is 0.368 e. The SMILES string of the molecule is C[C@@H]1CN(C(C)(C)C)CCN1S(=O)(=O)c1ccccc1-c1ccc(-c2cnc(N)nc2)c(F)c1. The highest BCUT2D eigenvalue weighted by Gasteiger charge is 2.37. The lowest BCUT2D eigenvalue weighted by molar-refractivity contribution is 0.0649. The maximum Gasteiger partial charge on any atom is 0.244 e. The number of halogens is 1. The van der Waals surface area contributed by atoms with Crippen LogP contribution >= 0.6 is 0 Å². The Morgan fingerprint density at radius 3 is 2.29 bits per heavy atom. The van der Waals surface area contributed by atoms with Crippen molar-refractivity contribution in [3.63, 3.8) is 0 Å². The van der Waals surface area contributed by atoms with Crippen molar-refractivity contribution >= 4 is 16.0 Å². The van der Waals surface area contributed by atoms with E-state index in [1.165, 1.54) is 18.5 Å². The standard InChI is InChI=1S/C25H30FN5O2S/c1-17-16-30(25(2,3)4)11-12-31(17)34(32,33)23-8-6-5-7-21(23)18-9-10-20(22(26)13-18)19-14-28-24(27)29-15-19/h5-10,13-15,17H,11-12,16H2,1-4H3,(H2,27,28,29)/t17-/m1/s1. The summed E-state index contributed by atoms with van der Waals surface area (Å²) in [5.41, 5.74) is 7.24. The molecule has 2 N–H and O–H groups in total. The molecule has 2 aromatic carbocycles. The summed E-state index contributed by atoms with van der Waals surface area (Å²) >= 11 is 0. The first kappa shape index (κ1) is 24.3. The van der Waals surface area contributed by atoms with Crippen LogP contribution in [0.15, 0.2) is 59.8 Å². The molecule has 7 nitrogen and oxygen atoms in total. The fourth-order valence-electron chi connectivity index (χ4n) is 4.36. The number of anilines is 1. The number of sulfonamides is 1. The lowest BCUT2D eigenvalue weighted by Gasteiger charge is -2.45. The van der Waals surface area contributed by atoms with Gasteiger partial charge in [-0.3, -0.25) is 4.90 Å². The Balaban J connectivity index is 1.68. The first-order chi connectivity index (χ1) is 16.0. The lowest BCUT2D eigenvalue weighted by atomic mass is 10.0. The zero-order valence-electron chi connectivity index (χ0n) is 19.9. The molecule has 1 saturated heterocycles. The molecule has 0 aliphatic carbocycles. The van der Waals surface area contributed by atoms with Crippen molar-refractivity contribution in [3.05, 3.63) is 60.7 Å². The number of rotatable bonds is 4. The Morgan fingerprint density at radius 2 is 1.68 bits per heavy atom. The fraction of sp³-hybridized carbons (Fsp3) is 0.360. The Labute approximate surface area is 200 Å². The van der Waals surface area contributed by atoms with Gasteiger partial charge in [-0.05, 0) is 45.4 Å². The van der Waals surface area contributed by atoms with E-state index < -0.39 is 15.8 Å². The molecule has 1 atom stereocenters. The molecule has 1 aliphatic heterocycles. The number of nitrogen functional groups attached to an aromatic ring is 1. The van der Waals surface area contributed by atoms with E-state index in [0.717, 1.165) is 0 Å². The lowest BCUT2D eigenvalue weighted by Crippen LogP contribution is -2.58. The number of benzene rings is 2. The van der Waals surface area contributed by atoms with Crippen LogP contribution in [-0.2, 0) is 10.0 Å². The third-order valence-corrected chi connectivity index (χ3v) is 8.32. The van der Waals surface area contributed by atoms with Crippen molar-refractivity contribution in [2.75, 3.05) is 25.4 Å². The molecule has 0 spiro atoms. The summed E-state index contributed by atoms with van der Waals surface area (Å²) in [5.74, 6) is -0.386. The van der Waals surface area contributed by atoms with E-state index in [0.29, 0.717) is 41.9 Å². The Hall–Kier alpha value is -2.88. The van der Waals surface area contributed by atoms with Crippen molar-refractivity contribution in [1.29, 1.82) is 0 Å². The molecule has 1 fully saturated rings. The fourth-order valence-corrected chi connectivity index (χ4v) is 6.19. The normalized spacial score (nSPS) is 18.2. The molecule has 3 aromatic rings. The van der Waals surface area contributed by atoms with Crippen molar-refractivity contribution < 1.29 is 12.8 Å². The first-order valence-corrected chi connectivity index (χ1v) is 12.7. The summed E-state index contributed by atoms with van der Waals surface area (Å²) in [6.07, 6.45) is 2.91. The van der Waals surface area contributed by atoms with Gasteiger partial charge in [-0.2, -0.15) is 4.31 Å². The molecule has 0 radical (unpaired) electrons. The third-order valence-electron chi connectivity index (χ3n) is 6.25. The van der Waals surface area contributed by atoms with Crippen molar-refractivity contribution in [2.45, 2.75) is 44.2 Å². The smallest absolute Gasteiger partial charge is 0.244 e.